The van der Waals surface area contributed by atoms with Crippen LogP contribution in [0.3, 0.4) is 0 Å². The quantitative estimate of drug-likeness (QED) is 0.331. The zero-order valence-electron chi connectivity index (χ0n) is 19.3. The van der Waals surface area contributed by atoms with Gasteiger partial charge in [-0.25, -0.2) is 4.39 Å². The Morgan fingerprint density at radius 3 is 2.64 bits per heavy atom. The van der Waals surface area contributed by atoms with E-state index in [1.54, 1.807) is 0 Å². The molecule has 1 aliphatic rings. The Bertz CT molecular complexity index is 1400. The molecule has 4 aromatic rings. The number of carbonyl (C=O) groups excluding carboxylic acids is 2. The predicted molar refractivity (Wildman–Crippen MR) is 136 cm³/mol. The summed E-state index contributed by atoms with van der Waals surface area (Å²) >= 11 is 1.47. The number of nitrogens with zero attached hydrogens (tertiary/aromatic N) is 1. The summed E-state index contributed by atoms with van der Waals surface area (Å²) in [5.74, 6) is 0.989. The number of hydrogen-bond donors (Lipinski definition) is 2. The third kappa shape index (κ3) is 5.46. The SMILES string of the molecule is O=C(CSc1cn(CCNC(=O)c2ccc(F)cc2)c2ccccc12)NCc1ccc2c(c1)OCO2. The smallest absolute Gasteiger partial charge is 0.251 e. The van der Waals surface area contributed by atoms with E-state index in [1.165, 1.54) is 36.0 Å². The second-order valence-electron chi connectivity index (χ2n) is 8.22. The average Bonchev–Trinajstić information content (AvgIpc) is 3.51. The maximum atomic E-state index is 13.1. The van der Waals surface area contributed by atoms with Gasteiger partial charge in [0.2, 0.25) is 12.7 Å². The van der Waals surface area contributed by atoms with Crippen LogP contribution in [0.25, 0.3) is 10.9 Å². The van der Waals surface area contributed by atoms with Gasteiger partial charge in [-0.15, -0.1) is 11.8 Å². The third-order valence-electron chi connectivity index (χ3n) is 5.78. The zero-order valence-corrected chi connectivity index (χ0v) is 20.1. The molecule has 0 aliphatic carbocycles. The van der Waals surface area contributed by atoms with Crippen molar-refractivity contribution >= 4 is 34.5 Å². The van der Waals surface area contributed by atoms with Crippen molar-refractivity contribution in [3.63, 3.8) is 0 Å². The summed E-state index contributed by atoms with van der Waals surface area (Å²) < 4.78 is 25.8. The Balaban J connectivity index is 1.16. The second kappa shape index (κ2) is 10.7. The maximum absolute atomic E-state index is 13.1. The molecule has 2 amide bonds. The van der Waals surface area contributed by atoms with Gasteiger partial charge in [0, 0.05) is 47.2 Å². The first-order valence-electron chi connectivity index (χ1n) is 11.5. The maximum Gasteiger partial charge on any atom is 0.251 e. The molecule has 5 rings (SSSR count). The molecule has 1 aliphatic heterocycles. The second-order valence-corrected chi connectivity index (χ2v) is 9.24. The fourth-order valence-electron chi connectivity index (χ4n) is 3.95. The van der Waals surface area contributed by atoms with Gasteiger partial charge in [-0.3, -0.25) is 9.59 Å². The van der Waals surface area contributed by atoms with Crippen LogP contribution in [0.5, 0.6) is 11.5 Å². The van der Waals surface area contributed by atoms with Crippen molar-refractivity contribution in [2.24, 2.45) is 0 Å². The highest BCUT2D eigenvalue weighted by molar-refractivity contribution is 8.00. The van der Waals surface area contributed by atoms with Crippen molar-refractivity contribution in [2.75, 3.05) is 19.1 Å². The van der Waals surface area contributed by atoms with Gasteiger partial charge in [0.15, 0.2) is 11.5 Å². The molecule has 0 fully saturated rings. The minimum Gasteiger partial charge on any atom is -0.454 e. The topological polar surface area (TPSA) is 81.6 Å². The number of para-hydroxylation sites is 1. The van der Waals surface area contributed by atoms with Crippen LogP contribution in [0.15, 0.2) is 77.8 Å². The number of halogens is 1. The van der Waals surface area contributed by atoms with E-state index in [2.05, 4.69) is 15.2 Å². The van der Waals surface area contributed by atoms with Crippen LogP contribution in [0.4, 0.5) is 4.39 Å². The lowest BCUT2D eigenvalue weighted by molar-refractivity contribution is -0.118. The van der Waals surface area contributed by atoms with Gasteiger partial charge in [0.1, 0.15) is 5.82 Å². The van der Waals surface area contributed by atoms with E-state index in [1.807, 2.05) is 48.7 Å². The first kappa shape index (κ1) is 23.7. The Hall–Kier alpha value is -3.98. The highest BCUT2D eigenvalue weighted by atomic mass is 32.2. The van der Waals surface area contributed by atoms with Gasteiger partial charge >= 0.3 is 0 Å². The molecule has 0 spiro atoms. The van der Waals surface area contributed by atoms with Crippen LogP contribution in [-0.2, 0) is 17.9 Å². The first-order chi connectivity index (χ1) is 17.6. The van der Waals surface area contributed by atoms with E-state index >= 15 is 0 Å². The number of ether oxygens (including phenoxy) is 2. The van der Waals surface area contributed by atoms with Crippen LogP contribution in [-0.4, -0.2) is 35.5 Å². The summed E-state index contributed by atoms with van der Waals surface area (Å²) in [7, 11) is 0. The fraction of sp³-hybridized carbons (Fsp3) is 0.185. The van der Waals surface area contributed by atoms with Crippen LogP contribution >= 0.6 is 11.8 Å². The lowest BCUT2D eigenvalue weighted by atomic mass is 10.2. The third-order valence-corrected chi connectivity index (χ3v) is 6.82. The van der Waals surface area contributed by atoms with E-state index in [4.69, 9.17) is 9.47 Å². The molecule has 0 atom stereocenters. The normalized spacial score (nSPS) is 12.0. The molecular formula is C27H24FN3O4S. The Morgan fingerprint density at radius 2 is 1.78 bits per heavy atom. The molecule has 1 aromatic heterocycles. The number of nitrogens with one attached hydrogen (secondary N) is 2. The van der Waals surface area contributed by atoms with Gasteiger partial charge < -0.3 is 24.7 Å². The number of rotatable bonds is 9. The molecule has 2 heterocycles. The number of aromatic nitrogens is 1. The number of carbonyl (C=O) groups is 2. The number of amides is 2. The predicted octanol–water partition coefficient (Wildman–Crippen LogP) is 4.35. The standard InChI is InChI=1S/C27H24FN3O4S/c28-20-8-6-19(7-9-20)27(33)29-11-12-31-15-25(21-3-1-2-4-22(21)31)36-16-26(32)30-14-18-5-10-23-24(13-18)35-17-34-23/h1-10,13,15H,11-12,14,16-17H2,(H,29,33)(H,30,32). The van der Waals surface area contributed by atoms with Crippen molar-refractivity contribution in [3.8, 4) is 11.5 Å². The molecule has 0 saturated carbocycles. The van der Waals surface area contributed by atoms with E-state index in [0.717, 1.165) is 21.4 Å². The van der Waals surface area contributed by atoms with E-state index in [-0.39, 0.29) is 30.2 Å². The molecule has 0 unspecified atom stereocenters. The highest BCUT2D eigenvalue weighted by Gasteiger charge is 2.14. The Labute approximate surface area is 211 Å². The molecule has 0 radical (unpaired) electrons. The largest absolute Gasteiger partial charge is 0.454 e. The van der Waals surface area contributed by atoms with Gasteiger partial charge in [0.25, 0.3) is 5.91 Å². The van der Waals surface area contributed by atoms with Crippen LogP contribution in [0.2, 0.25) is 0 Å². The zero-order chi connectivity index (χ0) is 24.9. The minimum absolute atomic E-state index is 0.0685. The van der Waals surface area contributed by atoms with Crippen LogP contribution < -0.4 is 20.1 Å². The summed E-state index contributed by atoms with van der Waals surface area (Å²) in [5.41, 5.74) is 2.38. The average molecular weight is 506 g/mol. The van der Waals surface area contributed by atoms with E-state index in [0.29, 0.717) is 36.7 Å². The molecule has 0 saturated heterocycles. The first-order valence-corrected chi connectivity index (χ1v) is 12.4. The number of hydrogen-bond acceptors (Lipinski definition) is 5. The summed E-state index contributed by atoms with van der Waals surface area (Å²) in [6.07, 6.45) is 2.00. The molecule has 36 heavy (non-hydrogen) atoms. The minimum atomic E-state index is -0.378. The number of benzene rings is 3. The van der Waals surface area contributed by atoms with Crippen LogP contribution in [0, 0.1) is 5.82 Å². The molecule has 184 valence electrons. The monoisotopic (exact) mass is 505 g/mol. The molecule has 2 N–H and O–H groups in total. The van der Waals surface area contributed by atoms with E-state index < -0.39 is 0 Å². The molecular weight excluding hydrogens is 481 g/mol. The van der Waals surface area contributed by atoms with Gasteiger partial charge in [-0.1, -0.05) is 24.3 Å². The van der Waals surface area contributed by atoms with Gasteiger partial charge in [0.05, 0.1) is 5.75 Å². The van der Waals surface area contributed by atoms with Crippen LogP contribution in [0.1, 0.15) is 15.9 Å². The molecule has 9 heteroatoms. The molecule has 7 nitrogen and oxygen atoms in total. The molecule has 3 aromatic carbocycles. The molecule has 0 bridgehead atoms. The lowest BCUT2D eigenvalue weighted by Gasteiger charge is -2.07. The summed E-state index contributed by atoms with van der Waals surface area (Å²) in [5, 5.41) is 6.87. The Morgan fingerprint density at radius 1 is 0.972 bits per heavy atom. The fourth-order valence-corrected chi connectivity index (χ4v) is 4.87. The Kier molecular flexibility index (Phi) is 7.08. The van der Waals surface area contributed by atoms with Crippen molar-refractivity contribution < 1.29 is 23.5 Å². The summed E-state index contributed by atoms with van der Waals surface area (Å²) in [4.78, 5) is 25.8. The number of thioether (sulfide) groups is 1. The summed E-state index contributed by atoms with van der Waals surface area (Å²) in [6.45, 7) is 1.60. The van der Waals surface area contributed by atoms with Crippen molar-refractivity contribution in [2.45, 2.75) is 18.0 Å². The van der Waals surface area contributed by atoms with Gasteiger partial charge in [-0.05, 0) is 48.0 Å². The lowest BCUT2D eigenvalue weighted by Crippen LogP contribution is -2.27. The van der Waals surface area contributed by atoms with Crippen molar-refractivity contribution in [3.05, 3.63) is 89.9 Å². The van der Waals surface area contributed by atoms with Crippen molar-refractivity contribution in [1.82, 2.24) is 15.2 Å². The highest BCUT2D eigenvalue weighted by Crippen LogP contribution is 2.32. The van der Waals surface area contributed by atoms with Gasteiger partial charge in [-0.2, -0.15) is 0 Å². The van der Waals surface area contributed by atoms with E-state index in [9.17, 15) is 14.0 Å². The number of fused-ring (bicyclic) bond motifs is 2. The van der Waals surface area contributed by atoms with Crippen molar-refractivity contribution in [1.29, 1.82) is 0 Å². The summed E-state index contributed by atoms with van der Waals surface area (Å²) in [6, 6.07) is 19.0.